The molecule has 0 fully saturated rings. The minimum Gasteiger partial charge on any atom is -0.454 e. The van der Waals surface area contributed by atoms with Crippen LogP contribution in [0.5, 0.6) is 11.5 Å². The maximum absolute atomic E-state index is 5.84. The van der Waals surface area contributed by atoms with E-state index < -0.39 is 6.29 Å². The van der Waals surface area contributed by atoms with E-state index in [1.807, 2.05) is 55.5 Å². The van der Waals surface area contributed by atoms with Crippen molar-refractivity contribution in [1.82, 2.24) is 0 Å². The molecule has 0 radical (unpaired) electrons. The Morgan fingerprint density at radius 2 is 0.867 bits per heavy atom. The molecule has 3 aromatic rings. The molecule has 3 aromatic carbocycles. The van der Waals surface area contributed by atoms with E-state index in [1.54, 1.807) is 0 Å². The molecule has 10 heteroatoms. The number of hydrogen-bond acceptors (Lipinski definition) is 2. The average molecular weight is 924 g/mol. The van der Waals surface area contributed by atoms with Gasteiger partial charge in [0, 0.05) is 33.8 Å². The van der Waals surface area contributed by atoms with Gasteiger partial charge in [0.05, 0.1) is 8.95 Å². The summed E-state index contributed by atoms with van der Waals surface area (Å²) in [6.45, 7) is 1.84. The molecule has 0 saturated carbocycles. The molecule has 0 bridgehead atoms. The number of rotatable bonds is 4. The van der Waals surface area contributed by atoms with Crippen LogP contribution in [0.4, 0.5) is 0 Å². The molecule has 30 heavy (non-hydrogen) atoms. The second kappa shape index (κ2) is 13.1. The largest absolute Gasteiger partial charge is 0.454 e. The van der Waals surface area contributed by atoms with Crippen molar-refractivity contribution in [2.45, 2.75) is 13.2 Å². The highest BCUT2D eigenvalue weighted by Gasteiger charge is 2.15. The van der Waals surface area contributed by atoms with Gasteiger partial charge < -0.3 is 9.47 Å². The van der Waals surface area contributed by atoms with Crippen LogP contribution >= 0.6 is 127 Å². The van der Waals surface area contributed by atoms with Crippen molar-refractivity contribution >= 4 is 127 Å². The third kappa shape index (κ3) is 7.85. The van der Waals surface area contributed by atoms with E-state index in [9.17, 15) is 0 Å². The third-order valence-electron chi connectivity index (χ3n) is 3.41. The Morgan fingerprint density at radius 1 is 0.500 bits per heavy atom. The van der Waals surface area contributed by atoms with Crippen LogP contribution in [0.1, 0.15) is 6.92 Å². The van der Waals surface area contributed by atoms with Gasteiger partial charge in [0.15, 0.2) is 0 Å². The van der Waals surface area contributed by atoms with E-state index in [0.29, 0.717) is 11.5 Å². The fourth-order valence-corrected chi connectivity index (χ4v) is 5.32. The second-order valence-corrected chi connectivity index (χ2v) is 12.2. The summed E-state index contributed by atoms with van der Waals surface area (Å²) >= 11 is 27.6. The summed E-state index contributed by atoms with van der Waals surface area (Å²) in [4.78, 5) is 0. The zero-order chi connectivity index (χ0) is 22.4. The Morgan fingerprint density at radius 3 is 1.20 bits per heavy atom. The summed E-state index contributed by atoms with van der Waals surface area (Å²) in [6.07, 6.45) is -0.464. The third-order valence-corrected chi connectivity index (χ3v) is 12.0. The molecule has 0 atom stereocenters. The van der Waals surface area contributed by atoms with E-state index in [4.69, 9.17) is 9.47 Å². The predicted octanol–water partition coefficient (Wildman–Crippen LogP) is 11.3. The van der Waals surface area contributed by atoms with Crippen molar-refractivity contribution in [2.75, 3.05) is 0 Å². The van der Waals surface area contributed by atoms with Crippen molar-refractivity contribution in [3.63, 3.8) is 0 Å². The first-order valence-electron chi connectivity index (χ1n) is 8.12. The molecule has 160 valence electrons. The number of hydrogen-bond donors (Lipinski definition) is 0. The summed E-state index contributed by atoms with van der Waals surface area (Å²) in [5.74, 6) is 1.38. The maximum Gasteiger partial charge on any atom is 0.238 e. The molecule has 0 heterocycles. The van der Waals surface area contributed by atoms with Crippen LogP contribution in [-0.2, 0) is 0 Å². The van der Waals surface area contributed by atoms with Crippen LogP contribution in [0.15, 0.2) is 84.3 Å². The molecule has 0 spiro atoms. The second-order valence-electron chi connectivity index (χ2n) is 5.56. The Hall–Kier alpha value is 1.10. The summed E-state index contributed by atoms with van der Waals surface area (Å²) in [5, 5.41) is 0. The van der Waals surface area contributed by atoms with Gasteiger partial charge in [0.1, 0.15) is 11.5 Å². The molecule has 0 saturated heterocycles. The van der Waals surface area contributed by atoms with E-state index in [-0.39, 0.29) is 0 Å². The number of halogens is 8. The first kappa shape index (κ1) is 27.3. The molecule has 0 aliphatic carbocycles. The lowest BCUT2D eigenvalue weighted by atomic mass is 10.3. The zero-order valence-electron chi connectivity index (χ0n) is 15.0. The van der Waals surface area contributed by atoms with Crippen LogP contribution in [0.25, 0.3) is 0 Å². The van der Waals surface area contributed by atoms with Crippen LogP contribution in [0.3, 0.4) is 0 Å². The van der Waals surface area contributed by atoms with Gasteiger partial charge in [-0.3, -0.25) is 0 Å². The molecule has 0 aromatic heterocycles. The van der Waals surface area contributed by atoms with Crippen molar-refractivity contribution in [3.05, 3.63) is 84.3 Å². The molecular weight excluding hydrogens is 911 g/mol. The van der Waals surface area contributed by atoms with E-state index in [1.165, 1.54) is 0 Å². The lowest BCUT2D eigenvalue weighted by Gasteiger charge is -2.19. The minimum atomic E-state index is -0.464. The molecule has 2 nitrogen and oxygen atoms in total. The maximum atomic E-state index is 5.84. The molecule has 0 aliphatic rings. The highest BCUT2D eigenvalue weighted by atomic mass is 79.9. The summed E-state index contributed by atoms with van der Waals surface area (Å²) < 4.78 is 19.2. The monoisotopic (exact) mass is 915 g/mol. The fraction of sp³-hybridized carbons (Fsp3) is 0.100. The van der Waals surface area contributed by atoms with E-state index in [2.05, 4.69) is 127 Å². The van der Waals surface area contributed by atoms with Crippen molar-refractivity contribution < 1.29 is 9.47 Å². The zero-order valence-corrected chi connectivity index (χ0v) is 27.7. The van der Waals surface area contributed by atoms with Crippen LogP contribution in [-0.4, -0.2) is 6.29 Å². The van der Waals surface area contributed by atoms with Crippen molar-refractivity contribution in [3.8, 4) is 11.5 Å². The highest BCUT2D eigenvalue weighted by Crippen LogP contribution is 2.40. The quantitative estimate of drug-likeness (QED) is 0.192. The normalized spacial score (nSPS) is 10.5. The topological polar surface area (TPSA) is 18.5 Å². The van der Waals surface area contributed by atoms with Gasteiger partial charge in [0.2, 0.25) is 6.29 Å². The van der Waals surface area contributed by atoms with E-state index in [0.717, 1.165) is 35.8 Å². The smallest absolute Gasteiger partial charge is 0.238 e. The average Bonchev–Trinajstić information content (AvgIpc) is 2.72. The lowest BCUT2D eigenvalue weighted by molar-refractivity contribution is 0.0209. The van der Waals surface area contributed by atoms with Gasteiger partial charge in [0.25, 0.3) is 0 Å². The first-order chi connectivity index (χ1) is 14.1. The first-order valence-corrected chi connectivity index (χ1v) is 14.5. The standard InChI is InChI=1S/C14H8Br6O2.C6H4Br2/c1-6(21-9-4-2-7(15)11(17)13(9)19)22-10-5-3-8(16)12(18)14(10)20;7-5-3-1-2-4-6(5)8/h2-6H,1H3;1-4H. The van der Waals surface area contributed by atoms with Crippen LogP contribution in [0.2, 0.25) is 0 Å². The lowest BCUT2D eigenvalue weighted by Crippen LogP contribution is -2.20. The predicted molar refractivity (Wildman–Crippen MR) is 152 cm³/mol. The Kier molecular flexibility index (Phi) is 11.9. The molecule has 0 amide bonds. The van der Waals surface area contributed by atoms with Crippen molar-refractivity contribution in [2.24, 2.45) is 0 Å². The van der Waals surface area contributed by atoms with Gasteiger partial charge in [-0.2, -0.15) is 0 Å². The Balaban J connectivity index is 0.000000335. The summed E-state index contributed by atoms with van der Waals surface area (Å²) in [7, 11) is 0. The van der Waals surface area contributed by atoms with Crippen LogP contribution < -0.4 is 9.47 Å². The van der Waals surface area contributed by atoms with Crippen molar-refractivity contribution in [1.29, 1.82) is 0 Å². The molecule has 3 rings (SSSR count). The molecule has 0 aliphatic heterocycles. The molecular formula is C20H12Br8O2. The fourth-order valence-electron chi connectivity index (χ4n) is 2.02. The SMILES string of the molecule is Brc1ccccc1Br.CC(Oc1ccc(Br)c(Br)c1Br)Oc1ccc(Br)c(Br)c1Br. The Bertz CT molecular complexity index is 945. The Labute approximate surface area is 242 Å². The minimum absolute atomic E-state index is 0.464. The van der Waals surface area contributed by atoms with Gasteiger partial charge in [-0.1, -0.05) is 12.1 Å². The number of ether oxygens (including phenoxy) is 2. The van der Waals surface area contributed by atoms with Gasteiger partial charge >= 0.3 is 0 Å². The van der Waals surface area contributed by atoms with Gasteiger partial charge in [-0.25, -0.2) is 0 Å². The van der Waals surface area contributed by atoms with E-state index >= 15 is 0 Å². The summed E-state index contributed by atoms with van der Waals surface area (Å²) in [5.41, 5.74) is 0. The number of benzene rings is 3. The molecule has 0 unspecified atom stereocenters. The van der Waals surface area contributed by atoms with Gasteiger partial charge in [-0.05, 0) is 164 Å². The van der Waals surface area contributed by atoms with Gasteiger partial charge in [-0.15, -0.1) is 0 Å². The highest BCUT2D eigenvalue weighted by molar-refractivity contribution is 9.15. The summed E-state index contributed by atoms with van der Waals surface area (Å²) in [6, 6.07) is 15.5. The molecule has 0 N–H and O–H groups in total. The van der Waals surface area contributed by atoms with Crippen LogP contribution in [0, 0.1) is 0 Å².